The molecular weight excluding hydrogens is 389 g/mol. The summed E-state index contributed by atoms with van der Waals surface area (Å²) in [7, 11) is 0. The minimum Gasteiger partial charge on any atom is -0.493 e. The van der Waals surface area contributed by atoms with E-state index >= 15 is 0 Å². The summed E-state index contributed by atoms with van der Waals surface area (Å²) in [5.41, 5.74) is 1.99. The molecular formula is C15H12Br2FNO. The molecule has 1 aliphatic heterocycles. The smallest absolute Gasteiger partial charge is 0.124 e. The second kappa shape index (κ2) is 5.74. The molecule has 2 nitrogen and oxygen atoms in total. The van der Waals surface area contributed by atoms with Crippen molar-refractivity contribution in [1.29, 1.82) is 0 Å². The third-order valence-corrected chi connectivity index (χ3v) is 4.42. The number of benzene rings is 2. The summed E-state index contributed by atoms with van der Waals surface area (Å²) in [6, 6.07) is 10.8. The first-order chi connectivity index (χ1) is 9.63. The van der Waals surface area contributed by atoms with Gasteiger partial charge in [-0.3, -0.25) is 0 Å². The number of halogens is 3. The van der Waals surface area contributed by atoms with Crippen molar-refractivity contribution in [3.8, 4) is 5.75 Å². The molecule has 1 heterocycles. The van der Waals surface area contributed by atoms with Crippen LogP contribution in [-0.4, -0.2) is 6.61 Å². The molecule has 1 atom stereocenters. The maximum absolute atomic E-state index is 13.1. The van der Waals surface area contributed by atoms with Crippen LogP contribution in [0.3, 0.4) is 0 Å². The fraction of sp³-hybridized carbons (Fsp3) is 0.200. The van der Waals surface area contributed by atoms with Crippen molar-refractivity contribution in [3.05, 3.63) is 56.7 Å². The number of nitrogens with one attached hydrogen (secondary N) is 1. The molecule has 2 aromatic rings. The molecule has 1 aliphatic rings. The van der Waals surface area contributed by atoms with E-state index in [4.69, 9.17) is 4.74 Å². The van der Waals surface area contributed by atoms with Gasteiger partial charge in [0.15, 0.2) is 0 Å². The fourth-order valence-corrected chi connectivity index (χ4v) is 3.15. The maximum atomic E-state index is 13.1. The van der Waals surface area contributed by atoms with Crippen LogP contribution in [0.25, 0.3) is 0 Å². The molecule has 5 heteroatoms. The molecule has 1 unspecified atom stereocenters. The Morgan fingerprint density at radius 3 is 2.80 bits per heavy atom. The van der Waals surface area contributed by atoms with E-state index in [2.05, 4.69) is 43.2 Å². The van der Waals surface area contributed by atoms with Crippen LogP contribution in [0.15, 0.2) is 45.3 Å². The summed E-state index contributed by atoms with van der Waals surface area (Å²) in [6.45, 7) is 0.672. The molecule has 0 saturated carbocycles. The molecule has 0 amide bonds. The highest BCUT2D eigenvalue weighted by molar-refractivity contribution is 9.10. The Morgan fingerprint density at radius 2 is 2.00 bits per heavy atom. The summed E-state index contributed by atoms with van der Waals surface area (Å²) >= 11 is 6.87. The van der Waals surface area contributed by atoms with E-state index in [9.17, 15) is 4.39 Å². The van der Waals surface area contributed by atoms with Gasteiger partial charge < -0.3 is 10.1 Å². The monoisotopic (exact) mass is 399 g/mol. The second-order valence-electron chi connectivity index (χ2n) is 4.64. The lowest BCUT2D eigenvalue weighted by molar-refractivity contribution is 0.274. The van der Waals surface area contributed by atoms with E-state index in [1.807, 2.05) is 12.1 Å². The van der Waals surface area contributed by atoms with Crippen molar-refractivity contribution in [1.82, 2.24) is 0 Å². The molecule has 0 bridgehead atoms. The van der Waals surface area contributed by atoms with E-state index in [0.717, 1.165) is 32.4 Å². The van der Waals surface area contributed by atoms with Crippen LogP contribution < -0.4 is 10.1 Å². The molecule has 3 rings (SSSR count). The highest BCUT2D eigenvalue weighted by atomic mass is 79.9. The first-order valence-electron chi connectivity index (χ1n) is 6.27. The standard InChI is InChI=1S/C15H12Br2FNO/c16-9-1-4-15-11(7-9)13(5-6-20-15)19-14-3-2-10(18)8-12(14)17/h1-4,7-8,13,19H,5-6H2. The SMILES string of the molecule is Fc1ccc(NC2CCOc3ccc(Br)cc32)c(Br)c1. The first-order valence-corrected chi connectivity index (χ1v) is 7.86. The average molecular weight is 401 g/mol. The Bertz CT molecular complexity index is 648. The lowest BCUT2D eigenvalue weighted by Crippen LogP contribution is -2.20. The van der Waals surface area contributed by atoms with Crippen molar-refractivity contribution in [2.24, 2.45) is 0 Å². The molecule has 0 spiro atoms. The molecule has 0 fully saturated rings. The second-order valence-corrected chi connectivity index (χ2v) is 6.41. The van der Waals surface area contributed by atoms with Crippen molar-refractivity contribution in [2.45, 2.75) is 12.5 Å². The first kappa shape index (κ1) is 13.9. The van der Waals surface area contributed by atoms with Gasteiger partial charge in [-0.25, -0.2) is 4.39 Å². The number of rotatable bonds is 2. The summed E-state index contributed by atoms with van der Waals surface area (Å²) in [4.78, 5) is 0. The van der Waals surface area contributed by atoms with E-state index < -0.39 is 0 Å². The number of hydrogen-bond acceptors (Lipinski definition) is 2. The summed E-state index contributed by atoms with van der Waals surface area (Å²) in [5.74, 6) is 0.646. The largest absolute Gasteiger partial charge is 0.493 e. The lowest BCUT2D eigenvalue weighted by atomic mass is 10.0. The van der Waals surface area contributed by atoms with Gasteiger partial charge in [0.1, 0.15) is 11.6 Å². The van der Waals surface area contributed by atoms with Crippen LogP contribution in [-0.2, 0) is 0 Å². The summed E-state index contributed by atoms with van der Waals surface area (Å²) in [6.07, 6.45) is 0.868. The predicted molar refractivity (Wildman–Crippen MR) is 84.7 cm³/mol. The zero-order chi connectivity index (χ0) is 14.1. The summed E-state index contributed by atoms with van der Waals surface area (Å²) < 4.78 is 20.5. The van der Waals surface area contributed by atoms with Crippen LogP contribution in [0.5, 0.6) is 5.75 Å². The zero-order valence-electron chi connectivity index (χ0n) is 10.5. The molecule has 0 radical (unpaired) electrons. The Labute approximate surface area is 133 Å². The summed E-state index contributed by atoms with van der Waals surface area (Å²) in [5, 5.41) is 3.45. The number of ether oxygens (including phenoxy) is 1. The van der Waals surface area contributed by atoms with Gasteiger partial charge >= 0.3 is 0 Å². The number of anilines is 1. The van der Waals surface area contributed by atoms with Gasteiger partial charge in [-0.05, 0) is 52.3 Å². The Balaban J connectivity index is 1.91. The fourth-order valence-electron chi connectivity index (χ4n) is 2.31. The van der Waals surface area contributed by atoms with E-state index in [1.54, 1.807) is 6.07 Å². The van der Waals surface area contributed by atoms with Crippen molar-refractivity contribution >= 4 is 37.5 Å². The van der Waals surface area contributed by atoms with Crippen LogP contribution in [0.4, 0.5) is 10.1 Å². The van der Waals surface area contributed by atoms with Crippen LogP contribution in [0.2, 0.25) is 0 Å². The molecule has 2 aromatic carbocycles. The lowest BCUT2D eigenvalue weighted by Gasteiger charge is -2.28. The van der Waals surface area contributed by atoms with Crippen LogP contribution in [0.1, 0.15) is 18.0 Å². The molecule has 0 saturated heterocycles. The molecule has 104 valence electrons. The Morgan fingerprint density at radius 1 is 1.15 bits per heavy atom. The molecule has 20 heavy (non-hydrogen) atoms. The van der Waals surface area contributed by atoms with Gasteiger partial charge in [-0.2, -0.15) is 0 Å². The minimum absolute atomic E-state index is 0.151. The van der Waals surface area contributed by atoms with E-state index in [0.29, 0.717) is 6.61 Å². The number of fused-ring (bicyclic) bond motifs is 1. The van der Waals surface area contributed by atoms with E-state index in [-0.39, 0.29) is 11.9 Å². The third-order valence-electron chi connectivity index (χ3n) is 3.27. The zero-order valence-corrected chi connectivity index (χ0v) is 13.7. The predicted octanol–water partition coefficient (Wildman–Crippen LogP) is 5.29. The van der Waals surface area contributed by atoms with Gasteiger partial charge in [-0.15, -0.1) is 0 Å². The quantitative estimate of drug-likeness (QED) is 0.739. The maximum Gasteiger partial charge on any atom is 0.124 e. The van der Waals surface area contributed by atoms with Crippen LogP contribution >= 0.6 is 31.9 Å². The average Bonchev–Trinajstić information content (AvgIpc) is 2.42. The van der Waals surface area contributed by atoms with Gasteiger partial charge in [0.05, 0.1) is 12.6 Å². The minimum atomic E-state index is -0.252. The topological polar surface area (TPSA) is 21.3 Å². The molecule has 1 N–H and O–H groups in total. The van der Waals surface area contributed by atoms with Gasteiger partial charge in [-0.1, -0.05) is 15.9 Å². The molecule has 0 aliphatic carbocycles. The third kappa shape index (κ3) is 2.83. The van der Waals surface area contributed by atoms with Crippen molar-refractivity contribution in [2.75, 3.05) is 11.9 Å². The van der Waals surface area contributed by atoms with Gasteiger partial charge in [0.25, 0.3) is 0 Å². The van der Waals surface area contributed by atoms with Crippen molar-refractivity contribution in [3.63, 3.8) is 0 Å². The van der Waals surface area contributed by atoms with Crippen molar-refractivity contribution < 1.29 is 9.13 Å². The Kier molecular flexibility index (Phi) is 3.98. The highest BCUT2D eigenvalue weighted by Gasteiger charge is 2.22. The highest BCUT2D eigenvalue weighted by Crippen LogP contribution is 2.37. The normalized spacial score (nSPS) is 17.2. The molecule has 0 aromatic heterocycles. The van der Waals surface area contributed by atoms with Gasteiger partial charge in [0.2, 0.25) is 0 Å². The van der Waals surface area contributed by atoms with E-state index in [1.165, 1.54) is 12.1 Å². The number of hydrogen-bond donors (Lipinski definition) is 1. The Hall–Kier alpha value is -1.07. The van der Waals surface area contributed by atoms with Crippen LogP contribution in [0, 0.1) is 5.82 Å². The van der Waals surface area contributed by atoms with Gasteiger partial charge in [0, 0.05) is 26.6 Å².